The fourth-order valence-electron chi connectivity index (χ4n) is 1.79. The highest BCUT2D eigenvalue weighted by molar-refractivity contribution is 9.10. The molecule has 0 aliphatic heterocycles. The molecule has 0 heterocycles. The second-order valence-electron chi connectivity index (χ2n) is 4.84. The molecule has 0 spiro atoms. The first kappa shape index (κ1) is 17.9. The summed E-state index contributed by atoms with van der Waals surface area (Å²) in [5, 5.41) is 12.0. The zero-order valence-electron chi connectivity index (χ0n) is 12.6. The van der Waals surface area contributed by atoms with Crippen LogP contribution in [0.15, 0.2) is 46.9 Å². The number of carbonyl (C=O) groups excluding carboxylic acids is 2. The Bertz CT molecular complexity index is 811. The second kappa shape index (κ2) is 7.89. The molecular formula is C16H14BrN3O3S. The van der Waals surface area contributed by atoms with E-state index in [4.69, 9.17) is 12.2 Å². The molecule has 0 radical (unpaired) electrons. The van der Waals surface area contributed by atoms with Crippen molar-refractivity contribution in [2.75, 3.05) is 0 Å². The normalized spacial score (nSPS) is 9.92. The predicted octanol–water partition coefficient (Wildman–Crippen LogP) is 2.41. The van der Waals surface area contributed by atoms with Gasteiger partial charge in [-0.15, -0.1) is 0 Å². The van der Waals surface area contributed by atoms with Crippen LogP contribution in [0.1, 0.15) is 26.3 Å². The molecule has 8 heteroatoms. The topological polar surface area (TPSA) is 90.5 Å². The van der Waals surface area contributed by atoms with Crippen LogP contribution in [0.4, 0.5) is 0 Å². The molecule has 0 fully saturated rings. The Morgan fingerprint density at radius 2 is 1.79 bits per heavy atom. The number of aryl methyl sites for hydroxylation is 1. The molecule has 0 bridgehead atoms. The summed E-state index contributed by atoms with van der Waals surface area (Å²) in [6, 6.07) is 11.2. The Kier molecular flexibility index (Phi) is 5.88. The third-order valence-corrected chi connectivity index (χ3v) is 4.16. The molecule has 4 N–H and O–H groups in total. The van der Waals surface area contributed by atoms with Crippen molar-refractivity contribution < 1.29 is 14.7 Å². The van der Waals surface area contributed by atoms with Crippen LogP contribution >= 0.6 is 28.1 Å². The molecule has 24 heavy (non-hydrogen) atoms. The van der Waals surface area contributed by atoms with Gasteiger partial charge in [0.15, 0.2) is 5.11 Å². The molecular weight excluding hydrogens is 394 g/mol. The van der Waals surface area contributed by atoms with Gasteiger partial charge in [0.2, 0.25) is 0 Å². The summed E-state index contributed by atoms with van der Waals surface area (Å²) >= 11 is 8.31. The number of para-hydroxylation sites is 1. The van der Waals surface area contributed by atoms with Crippen molar-refractivity contribution >= 4 is 45.1 Å². The largest absolute Gasteiger partial charge is 0.507 e. The van der Waals surface area contributed by atoms with Crippen molar-refractivity contribution in [3.8, 4) is 5.75 Å². The molecule has 2 amide bonds. The first-order valence-electron chi connectivity index (χ1n) is 6.84. The number of aromatic hydroxyl groups is 1. The van der Waals surface area contributed by atoms with Gasteiger partial charge in [-0.25, -0.2) is 0 Å². The van der Waals surface area contributed by atoms with E-state index in [0.717, 1.165) is 10.0 Å². The molecule has 0 atom stereocenters. The quantitative estimate of drug-likeness (QED) is 0.453. The molecule has 2 rings (SSSR count). The van der Waals surface area contributed by atoms with Crippen molar-refractivity contribution in [2.45, 2.75) is 6.92 Å². The van der Waals surface area contributed by atoms with Crippen LogP contribution in [-0.4, -0.2) is 22.0 Å². The maximum atomic E-state index is 12.1. The summed E-state index contributed by atoms with van der Waals surface area (Å²) in [6.45, 7) is 1.91. The summed E-state index contributed by atoms with van der Waals surface area (Å²) in [6.07, 6.45) is 0. The fraction of sp³-hybridized carbons (Fsp3) is 0.0625. The Labute approximate surface area is 152 Å². The second-order valence-corrected chi connectivity index (χ2v) is 6.11. The minimum Gasteiger partial charge on any atom is -0.507 e. The van der Waals surface area contributed by atoms with Crippen LogP contribution in [0.25, 0.3) is 0 Å². The Balaban J connectivity index is 1.91. The number of benzene rings is 2. The number of phenolic OH excluding ortho intramolecular Hbond substituents is 1. The molecule has 0 aromatic heterocycles. The lowest BCUT2D eigenvalue weighted by Gasteiger charge is -2.11. The first-order valence-corrected chi connectivity index (χ1v) is 8.04. The average molecular weight is 408 g/mol. The number of hydrogen-bond acceptors (Lipinski definition) is 4. The maximum absolute atomic E-state index is 12.1. The molecule has 0 aliphatic rings. The number of hydrazine groups is 1. The highest BCUT2D eigenvalue weighted by atomic mass is 79.9. The molecule has 2 aromatic carbocycles. The molecule has 0 unspecified atom stereocenters. The van der Waals surface area contributed by atoms with Gasteiger partial charge in [0.1, 0.15) is 5.75 Å². The number of amides is 2. The van der Waals surface area contributed by atoms with Crippen molar-refractivity contribution in [3.05, 3.63) is 63.6 Å². The van der Waals surface area contributed by atoms with Crippen LogP contribution < -0.4 is 16.2 Å². The summed E-state index contributed by atoms with van der Waals surface area (Å²) in [5.74, 6) is -1.15. The molecule has 0 aliphatic carbocycles. The summed E-state index contributed by atoms with van der Waals surface area (Å²) in [7, 11) is 0. The van der Waals surface area contributed by atoms with E-state index in [-0.39, 0.29) is 16.4 Å². The molecule has 2 aromatic rings. The standard InChI is InChI=1S/C16H14BrN3O3S/c1-9-6-7-10(8-12(9)17)14(22)18-16(24)20-19-15(23)11-4-2-3-5-13(11)21/h2-8,21H,1H3,(H,19,23)(H2,18,20,22,24). The summed E-state index contributed by atoms with van der Waals surface area (Å²) in [5.41, 5.74) is 6.22. The number of halogens is 1. The highest BCUT2D eigenvalue weighted by Crippen LogP contribution is 2.17. The van der Waals surface area contributed by atoms with E-state index in [1.165, 1.54) is 12.1 Å². The number of rotatable bonds is 2. The van der Waals surface area contributed by atoms with Gasteiger partial charge in [-0.1, -0.05) is 34.1 Å². The summed E-state index contributed by atoms with van der Waals surface area (Å²) < 4.78 is 0.807. The zero-order chi connectivity index (χ0) is 17.7. The van der Waals surface area contributed by atoms with Crippen molar-refractivity contribution in [1.29, 1.82) is 0 Å². The van der Waals surface area contributed by atoms with Gasteiger partial charge in [-0.3, -0.25) is 25.8 Å². The van der Waals surface area contributed by atoms with Crippen molar-refractivity contribution in [3.63, 3.8) is 0 Å². The van der Waals surface area contributed by atoms with Gasteiger partial charge in [0.25, 0.3) is 11.8 Å². The maximum Gasteiger partial charge on any atom is 0.273 e. The van der Waals surface area contributed by atoms with Crippen molar-refractivity contribution in [1.82, 2.24) is 16.2 Å². The predicted molar refractivity (Wildman–Crippen MR) is 97.7 cm³/mol. The smallest absolute Gasteiger partial charge is 0.273 e. The third kappa shape index (κ3) is 4.53. The SMILES string of the molecule is Cc1ccc(C(=O)NC(=S)NNC(=O)c2ccccc2O)cc1Br. The lowest BCUT2D eigenvalue weighted by atomic mass is 10.1. The van der Waals surface area contributed by atoms with Gasteiger partial charge in [-0.2, -0.15) is 0 Å². The van der Waals surface area contributed by atoms with Crippen molar-refractivity contribution in [2.24, 2.45) is 0 Å². The van der Waals surface area contributed by atoms with E-state index in [1.54, 1.807) is 30.3 Å². The Hall–Kier alpha value is -2.45. The van der Waals surface area contributed by atoms with Gasteiger partial charge in [0.05, 0.1) is 5.56 Å². The average Bonchev–Trinajstić information content (AvgIpc) is 2.55. The molecule has 124 valence electrons. The van der Waals surface area contributed by atoms with Crippen LogP contribution in [-0.2, 0) is 0 Å². The highest BCUT2D eigenvalue weighted by Gasteiger charge is 2.12. The number of nitrogens with one attached hydrogen (secondary N) is 3. The number of carbonyl (C=O) groups is 2. The van der Waals surface area contributed by atoms with Crippen LogP contribution in [0.5, 0.6) is 5.75 Å². The van der Waals surface area contributed by atoms with Gasteiger partial charge < -0.3 is 5.11 Å². The van der Waals surface area contributed by atoms with E-state index >= 15 is 0 Å². The fourth-order valence-corrected chi connectivity index (χ4v) is 2.31. The monoisotopic (exact) mass is 407 g/mol. The lowest BCUT2D eigenvalue weighted by Crippen LogP contribution is -2.48. The van der Waals surface area contributed by atoms with Crippen LogP contribution in [0, 0.1) is 6.92 Å². The molecule has 0 saturated heterocycles. The van der Waals surface area contributed by atoms with E-state index in [0.29, 0.717) is 5.56 Å². The van der Waals surface area contributed by atoms with Gasteiger partial charge in [-0.05, 0) is 49.0 Å². The molecule has 6 nitrogen and oxygen atoms in total. The molecule has 0 saturated carbocycles. The minimum absolute atomic E-state index is 0.0690. The van der Waals surface area contributed by atoms with E-state index in [1.807, 2.05) is 6.92 Å². The van der Waals surface area contributed by atoms with Gasteiger partial charge >= 0.3 is 0 Å². The number of thiocarbonyl (C=S) groups is 1. The zero-order valence-corrected chi connectivity index (χ0v) is 15.0. The number of hydrogen-bond donors (Lipinski definition) is 4. The summed E-state index contributed by atoms with van der Waals surface area (Å²) in [4.78, 5) is 24.0. The Morgan fingerprint density at radius 1 is 1.08 bits per heavy atom. The van der Waals surface area contributed by atoms with Crippen LogP contribution in [0.2, 0.25) is 0 Å². The third-order valence-electron chi connectivity index (χ3n) is 3.10. The van der Waals surface area contributed by atoms with Gasteiger partial charge in [0, 0.05) is 10.0 Å². The minimum atomic E-state index is -0.581. The lowest BCUT2D eigenvalue weighted by molar-refractivity contribution is 0.0932. The van der Waals surface area contributed by atoms with E-state index in [9.17, 15) is 14.7 Å². The number of phenols is 1. The Morgan fingerprint density at radius 3 is 2.46 bits per heavy atom. The van der Waals surface area contributed by atoms with E-state index < -0.39 is 11.8 Å². The first-order chi connectivity index (χ1) is 11.4. The van der Waals surface area contributed by atoms with Crippen LogP contribution in [0.3, 0.4) is 0 Å². The van der Waals surface area contributed by atoms with E-state index in [2.05, 4.69) is 32.1 Å².